The van der Waals surface area contributed by atoms with Gasteiger partial charge in [-0.3, -0.25) is 4.79 Å². The molecule has 0 fully saturated rings. The Hall–Kier alpha value is 0.250. The van der Waals surface area contributed by atoms with E-state index in [0.29, 0.717) is 18.2 Å². The van der Waals surface area contributed by atoms with Crippen molar-refractivity contribution in [2.45, 2.75) is 13.3 Å². The van der Waals surface area contributed by atoms with Gasteiger partial charge in [0.05, 0.1) is 0 Å². The molecule has 0 bridgehead atoms. The molecule has 0 aliphatic rings. The normalized spacial score (nSPS) is 10.2. The van der Waals surface area contributed by atoms with Gasteiger partial charge >= 0.3 is 0 Å². The maximum absolute atomic E-state index is 10.8. The van der Waals surface area contributed by atoms with E-state index < -0.39 is 0 Å². The quantitative estimate of drug-likeness (QED) is 0.588. The van der Waals surface area contributed by atoms with E-state index in [1.54, 1.807) is 0 Å². The van der Waals surface area contributed by atoms with Crippen LogP contribution < -0.4 is 0 Å². The molecule has 0 saturated heterocycles. The summed E-state index contributed by atoms with van der Waals surface area (Å²) in [6, 6.07) is 0. The van der Waals surface area contributed by atoms with Crippen LogP contribution in [0, 0.1) is 5.92 Å². The zero-order valence-corrected chi connectivity index (χ0v) is 6.87. The van der Waals surface area contributed by atoms with Crippen LogP contribution in [-0.2, 0) is 4.79 Å². The number of ketones is 1. The molecule has 1 nitrogen and oxygen atoms in total. The molecule has 0 heterocycles. The van der Waals surface area contributed by atoms with Crippen molar-refractivity contribution in [3.8, 4) is 0 Å². The molecule has 0 unspecified atom stereocenters. The van der Waals surface area contributed by atoms with Gasteiger partial charge in [0.25, 0.3) is 0 Å². The number of carbonyl (C=O) groups is 1. The Bertz CT molecular complexity index is 89.1. The summed E-state index contributed by atoms with van der Waals surface area (Å²) in [5, 5.41) is 0. The average Bonchev–Trinajstić information content (AvgIpc) is 1.90. The van der Waals surface area contributed by atoms with Crippen LogP contribution in [0.3, 0.4) is 0 Å². The van der Waals surface area contributed by atoms with Crippen LogP contribution in [0.2, 0.25) is 0 Å². The van der Waals surface area contributed by atoms with Crippen LogP contribution >= 0.6 is 23.2 Å². The highest BCUT2D eigenvalue weighted by molar-refractivity contribution is 6.23. The van der Waals surface area contributed by atoms with Gasteiger partial charge in [0.1, 0.15) is 5.78 Å². The zero-order valence-electron chi connectivity index (χ0n) is 5.36. The number of Topliss-reactive ketones (excluding diaryl/α,β-unsaturated/α-hetero) is 1. The second-order valence-electron chi connectivity index (χ2n) is 1.83. The van der Waals surface area contributed by atoms with Gasteiger partial charge in [-0.2, -0.15) is 0 Å². The van der Waals surface area contributed by atoms with Gasteiger partial charge in [0.2, 0.25) is 0 Å². The number of hydrogen-bond donors (Lipinski definition) is 0. The van der Waals surface area contributed by atoms with Crippen molar-refractivity contribution >= 4 is 29.0 Å². The molecule has 3 heteroatoms. The van der Waals surface area contributed by atoms with E-state index >= 15 is 0 Å². The van der Waals surface area contributed by atoms with Crippen LogP contribution in [0.4, 0.5) is 0 Å². The predicted octanol–water partition coefficient (Wildman–Crippen LogP) is 2.06. The molecule has 0 aromatic rings. The van der Waals surface area contributed by atoms with E-state index in [4.69, 9.17) is 23.2 Å². The van der Waals surface area contributed by atoms with E-state index in [1.807, 2.05) is 6.92 Å². The molecular formula is C6H10Cl2O. The van der Waals surface area contributed by atoms with Gasteiger partial charge in [0, 0.05) is 24.1 Å². The first-order valence-electron chi connectivity index (χ1n) is 2.90. The molecule has 0 radical (unpaired) electrons. The molecule has 0 aromatic carbocycles. The molecule has 0 saturated carbocycles. The zero-order chi connectivity index (χ0) is 7.28. The van der Waals surface area contributed by atoms with Crippen molar-refractivity contribution in [3.63, 3.8) is 0 Å². The van der Waals surface area contributed by atoms with Crippen molar-refractivity contribution in [1.82, 2.24) is 0 Å². The number of alkyl halides is 2. The molecule has 0 aliphatic carbocycles. The third-order valence-electron chi connectivity index (χ3n) is 1.18. The molecule has 0 aromatic heterocycles. The summed E-state index contributed by atoms with van der Waals surface area (Å²) >= 11 is 10.9. The summed E-state index contributed by atoms with van der Waals surface area (Å²) in [4.78, 5) is 10.8. The minimum absolute atomic E-state index is 0.140. The lowest BCUT2D eigenvalue weighted by Crippen LogP contribution is -2.16. The summed E-state index contributed by atoms with van der Waals surface area (Å²) in [5.41, 5.74) is 0. The molecule has 0 spiro atoms. The predicted molar refractivity (Wildman–Crippen MR) is 40.2 cm³/mol. The first kappa shape index (κ1) is 9.25. The molecular weight excluding hydrogens is 159 g/mol. The van der Waals surface area contributed by atoms with E-state index in [-0.39, 0.29) is 11.7 Å². The van der Waals surface area contributed by atoms with E-state index in [9.17, 15) is 4.79 Å². The molecule has 0 rings (SSSR count). The molecule has 54 valence electrons. The second kappa shape index (κ2) is 5.07. The Labute approximate surface area is 65.3 Å². The van der Waals surface area contributed by atoms with Crippen molar-refractivity contribution in [1.29, 1.82) is 0 Å². The number of halogens is 2. The van der Waals surface area contributed by atoms with Gasteiger partial charge in [-0.15, -0.1) is 23.2 Å². The van der Waals surface area contributed by atoms with Crippen LogP contribution in [-0.4, -0.2) is 17.5 Å². The van der Waals surface area contributed by atoms with Crippen molar-refractivity contribution < 1.29 is 4.79 Å². The van der Waals surface area contributed by atoms with Crippen LogP contribution in [0.5, 0.6) is 0 Å². The minimum Gasteiger partial charge on any atom is -0.299 e. The largest absolute Gasteiger partial charge is 0.299 e. The van der Waals surface area contributed by atoms with E-state index in [2.05, 4.69) is 0 Å². The fraction of sp³-hybridized carbons (Fsp3) is 0.833. The monoisotopic (exact) mass is 168 g/mol. The Balaban J connectivity index is 3.64. The second-order valence-corrected chi connectivity index (χ2v) is 2.44. The first-order chi connectivity index (χ1) is 4.26. The summed E-state index contributed by atoms with van der Waals surface area (Å²) in [7, 11) is 0. The number of carbonyl (C=O) groups excluding carboxylic acids is 1. The summed E-state index contributed by atoms with van der Waals surface area (Å²) < 4.78 is 0. The first-order valence-corrected chi connectivity index (χ1v) is 3.97. The fourth-order valence-electron chi connectivity index (χ4n) is 0.502. The van der Waals surface area contributed by atoms with Gasteiger partial charge in [0.15, 0.2) is 0 Å². The minimum atomic E-state index is -0.140. The summed E-state index contributed by atoms with van der Waals surface area (Å²) in [6.45, 7) is 1.81. The Kier molecular flexibility index (Phi) is 5.21. The van der Waals surface area contributed by atoms with Crippen molar-refractivity contribution in [3.05, 3.63) is 0 Å². The molecule has 0 amide bonds. The Morgan fingerprint density at radius 2 is 1.89 bits per heavy atom. The molecule has 0 aliphatic heterocycles. The lowest BCUT2D eigenvalue weighted by atomic mass is 10.1. The van der Waals surface area contributed by atoms with Crippen LogP contribution in [0.1, 0.15) is 13.3 Å². The number of rotatable bonds is 4. The van der Waals surface area contributed by atoms with Crippen molar-refractivity contribution in [2.24, 2.45) is 5.92 Å². The maximum atomic E-state index is 10.8. The SMILES string of the molecule is CCC(=O)C(CCl)CCl. The highest BCUT2D eigenvalue weighted by Crippen LogP contribution is 2.05. The molecule has 9 heavy (non-hydrogen) atoms. The van der Waals surface area contributed by atoms with Crippen molar-refractivity contribution in [2.75, 3.05) is 11.8 Å². The van der Waals surface area contributed by atoms with Gasteiger partial charge in [-0.25, -0.2) is 0 Å². The van der Waals surface area contributed by atoms with Gasteiger partial charge < -0.3 is 0 Å². The van der Waals surface area contributed by atoms with E-state index in [1.165, 1.54) is 0 Å². The molecule has 0 atom stereocenters. The topological polar surface area (TPSA) is 17.1 Å². The fourth-order valence-corrected chi connectivity index (χ4v) is 1.18. The number of hydrogen-bond acceptors (Lipinski definition) is 1. The third-order valence-corrected chi connectivity index (χ3v) is 1.92. The smallest absolute Gasteiger partial charge is 0.138 e. The van der Waals surface area contributed by atoms with Gasteiger partial charge in [-0.05, 0) is 0 Å². The van der Waals surface area contributed by atoms with E-state index in [0.717, 1.165) is 0 Å². The maximum Gasteiger partial charge on any atom is 0.138 e. The average molecular weight is 169 g/mol. The highest BCUT2D eigenvalue weighted by Gasteiger charge is 2.12. The Morgan fingerprint density at radius 3 is 2.00 bits per heavy atom. The van der Waals surface area contributed by atoms with Gasteiger partial charge in [-0.1, -0.05) is 6.92 Å². The van der Waals surface area contributed by atoms with Crippen LogP contribution in [0.25, 0.3) is 0 Å². The lowest BCUT2D eigenvalue weighted by Gasteiger charge is -2.04. The Morgan fingerprint density at radius 1 is 1.44 bits per heavy atom. The standard InChI is InChI=1S/C6H10Cl2O/c1-2-6(9)5(3-7)4-8/h5H,2-4H2,1H3. The highest BCUT2D eigenvalue weighted by atomic mass is 35.5. The summed E-state index contributed by atoms with van der Waals surface area (Å²) in [5.74, 6) is 0.699. The third kappa shape index (κ3) is 3.07. The lowest BCUT2D eigenvalue weighted by molar-refractivity contribution is -0.121. The molecule has 0 N–H and O–H groups in total. The van der Waals surface area contributed by atoms with Crippen LogP contribution in [0.15, 0.2) is 0 Å². The summed E-state index contributed by atoms with van der Waals surface area (Å²) in [6.07, 6.45) is 0.532.